The van der Waals surface area contributed by atoms with Gasteiger partial charge in [0.2, 0.25) is 5.91 Å². The SMILES string of the molecule is CC(C)C(NC(=O)C1CCCN(C(=O)Nc2ccccc2)C1)C(=O)O. The molecule has 1 aromatic rings. The van der Waals surface area contributed by atoms with E-state index in [0.29, 0.717) is 25.1 Å². The maximum atomic E-state index is 12.4. The van der Waals surface area contributed by atoms with Crippen LogP contribution in [0.4, 0.5) is 10.5 Å². The predicted molar refractivity (Wildman–Crippen MR) is 94.2 cm³/mol. The molecule has 0 aliphatic carbocycles. The summed E-state index contributed by atoms with van der Waals surface area (Å²) in [6.07, 6.45) is 1.35. The summed E-state index contributed by atoms with van der Waals surface area (Å²) in [5.74, 6) is -1.95. The van der Waals surface area contributed by atoms with E-state index >= 15 is 0 Å². The number of benzene rings is 1. The molecule has 0 saturated carbocycles. The monoisotopic (exact) mass is 347 g/mol. The van der Waals surface area contributed by atoms with Crippen molar-refractivity contribution >= 4 is 23.6 Å². The van der Waals surface area contributed by atoms with Gasteiger partial charge in [-0.3, -0.25) is 4.79 Å². The van der Waals surface area contributed by atoms with E-state index in [1.165, 1.54) is 0 Å². The topological polar surface area (TPSA) is 98.7 Å². The zero-order valence-corrected chi connectivity index (χ0v) is 14.6. The van der Waals surface area contributed by atoms with E-state index in [-0.39, 0.29) is 24.4 Å². The number of urea groups is 1. The highest BCUT2D eigenvalue weighted by Crippen LogP contribution is 2.19. The highest BCUT2D eigenvalue weighted by Gasteiger charge is 2.31. The zero-order valence-electron chi connectivity index (χ0n) is 14.6. The van der Waals surface area contributed by atoms with E-state index in [9.17, 15) is 19.5 Å². The number of hydrogen-bond donors (Lipinski definition) is 3. The van der Waals surface area contributed by atoms with Gasteiger partial charge in [-0.15, -0.1) is 0 Å². The average Bonchev–Trinajstić information content (AvgIpc) is 2.59. The van der Waals surface area contributed by atoms with Gasteiger partial charge in [-0.05, 0) is 30.9 Å². The van der Waals surface area contributed by atoms with E-state index in [1.807, 2.05) is 18.2 Å². The molecular weight excluding hydrogens is 322 g/mol. The van der Waals surface area contributed by atoms with E-state index < -0.39 is 17.9 Å². The van der Waals surface area contributed by atoms with Gasteiger partial charge in [0.1, 0.15) is 6.04 Å². The average molecular weight is 347 g/mol. The fraction of sp³-hybridized carbons (Fsp3) is 0.500. The van der Waals surface area contributed by atoms with Crippen molar-refractivity contribution in [3.05, 3.63) is 30.3 Å². The fourth-order valence-electron chi connectivity index (χ4n) is 2.88. The normalized spacial score (nSPS) is 18.5. The van der Waals surface area contributed by atoms with E-state index in [0.717, 1.165) is 0 Å². The summed E-state index contributed by atoms with van der Waals surface area (Å²) in [5, 5.41) is 14.6. The van der Waals surface area contributed by atoms with E-state index in [4.69, 9.17) is 0 Å². The lowest BCUT2D eigenvalue weighted by molar-refractivity contribution is -0.144. The lowest BCUT2D eigenvalue weighted by Crippen LogP contribution is -2.51. The second-order valence-corrected chi connectivity index (χ2v) is 6.65. The molecule has 1 aromatic carbocycles. The first-order valence-electron chi connectivity index (χ1n) is 8.52. The minimum atomic E-state index is -1.04. The molecule has 2 atom stereocenters. The Balaban J connectivity index is 1.94. The van der Waals surface area contributed by atoms with Crippen LogP contribution >= 0.6 is 0 Å². The molecular formula is C18H25N3O4. The van der Waals surface area contributed by atoms with Crippen LogP contribution in [0.3, 0.4) is 0 Å². The third-order valence-electron chi connectivity index (χ3n) is 4.33. The Hall–Kier alpha value is -2.57. The molecule has 136 valence electrons. The van der Waals surface area contributed by atoms with Crippen molar-refractivity contribution in [2.45, 2.75) is 32.7 Å². The second kappa shape index (κ2) is 8.50. The van der Waals surface area contributed by atoms with Gasteiger partial charge in [0, 0.05) is 18.8 Å². The van der Waals surface area contributed by atoms with Crippen molar-refractivity contribution in [1.29, 1.82) is 0 Å². The molecule has 3 amide bonds. The number of anilines is 1. The molecule has 3 N–H and O–H groups in total. The van der Waals surface area contributed by atoms with Crippen LogP contribution in [0.5, 0.6) is 0 Å². The molecule has 7 nitrogen and oxygen atoms in total. The van der Waals surface area contributed by atoms with Gasteiger partial charge in [0.05, 0.1) is 5.92 Å². The summed E-state index contributed by atoms with van der Waals surface area (Å²) in [7, 11) is 0. The molecule has 25 heavy (non-hydrogen) atoms. The van der Waals surface area contributed by atoms with Gasteiger partial charge in [-0.25, -0.2) is 9.59 Å². The third-order valence-corrected chi connectivity index (χ3v) is 4.33. The number of likely N-dealkylation sites (tertiary alicyclic amines) is 1. The summed E-state index contributed by atoms with van der Waals surface area (Å²) in [6, 6.07) is 7.96. The first-order chi connectivity index (χ1) is 11.9. The van der Waals surface area contributed by atoms with Gasteiger partial charge in [-0.1, -0.05) is 32.0 Å². The van der Waals surface area contributed by atoms with Crippen LogP contribution in [-0.2, 0) is 9.59 Å². The standard InChI is InChI=1S/C18H25N3O4/c1-12(2)15(17(23)24)20-16(22)13-7-6-10-21(11-13)18(25)19-14-8-4-3-5-9-14/h3-5,8-9,12-13,15H,6-7,10-11H2,1-2H3,(H,19,25)(H,20,22)(H,23,24). The van der Waals surface area contributed by atoms with Crippen molar-refractivity contribution in [2.75, 3.05) is 18.4 Å². The number of carbonyl (C=O) groups is 3. The molecule has 1 aliphatic rings. The number of piperidine rings is 1. The third kappa shape index (κ3) is 5.20. The minimum absolute atomic E-state index is 0.206. The second-order valence-electron chi connectivity index (χ2n) is 6.65. The number of para-hydroxylation sites is 1. The minimum Gasteiger partial charge on any atom is -0.480 e. The number of nitrogens with one attached hydrogen (secondary N) is 2. The van der Waals surface area contributed by atoms with Crippen LogP contribution in [0.2, 0.25) is 0 Å². The van der Waals surface area contributed by atoms with Gasteiger partial charge in [0.15, 0.2) is 0 Å². The maximum Gasteiger partial charge on any atom is 0.326 e. The zero-order chi connectivity index (χ0) is 18.4. The van der Waals surface area contributed by atoms with Gasteiger partial charge in [0.25, 0.3) is 0 Å². The summed E-state index contributed by atoms with van der Waals surface area (Å²) in [4.78, 5) is 37.6. The van der Waals surface area contributed by atoms with Crippen molar-refractivity contribution in [1.82, 2.24) is 10.2 Å². The van der Waals surface area contributed by atoms with Crippen LogP contribution < -0.4 is 10.6 Å². The van der Waals surface area contributed by atoms with Crippen molar-refractivity contribution in [3.8, 4) is 0 Å². The molecule has 0 radical (unpaired) electrons. The first kappa shape index (κ1) is 18.8. The Kier molecular flexibility index (Phi) is 6.38. The Morgan fingerprint density at radius 2 is 1.88 bits per heavy atom. The molecule has 0 spiro atoms. The lowest BCUT2D eigenvalue weighted by atomic mass is 9.96. The van der Waals surface area contributed by atoms with Crippen molar-refractivity contribution in [2.24, 2.45) is 11.8 Å². The first-order valence-corrected chi connectivity index (χ1v) is 8.52. The van der Waals surface area contributed by atoms with Crippen molar-refractivity contribution in [3.63, 3.8) is 0 Å². The fourth-order valence-corrected chi connectivity index (χ4v) is 2.88. The molecule has 1 fully saturated rings. The Morgan fingerprint density at radius 3 is 2.48 bits per heavy atom. The van der Waals surface area contributed by atoms with Gasteiger partial charge in [-0.2, -0.15) is 0 Å². The largest absolute Gasteiger partial charge is 0.480 e. The predicted octanol–water partition coefficient (Wildman–Crippen LogP) is 2.16. The number of hydrogen-bond acceptors (Lipinski definition) is 3. The quantitative estimate of drug-likeness (QED) is 0.760. The highest BCUT2D eigenvalue weighted by molar-refractivity contribution is 5.90. The number of amides is 3. The van der Waals surface area contributed by atoms with Crippen LogP contribution in [0, 0.1) is 11.8 Å². The number of carbonyl (C=O) groups excluding carboxylic acids is 2. The summed E-state index contributed by atoms with van der Waals surface area (Å²) < 4.78 is 0. The van der Waals surface area contributed by atoms with Crippen LogP contribution in [0.1, 0.15) is 26.7 Å². The summed E-state index contributed by atoms with van der Waals surface area (Å²) in [5.41, 5.74) is 0.699. The number of carboxylic acids is 1. The Labute approximate surface area is 147 Å². The smallest absolute Gasteiger partial charge is 0.326 e. The number of aliphatic carboxylic acids is 1. The van der Waals surface area contributed by atoms with E-state index in [1.54, 1.807) is 30.9 Å². The van der Waals surface area contributed by atoms with Gasteiger partial charge >= 0.3 is 12.0 Å². The maximum absolute atomic E-state index is 12.4. The van der Waals surface area contributed by atoms with Gasteiger partial charge < -0.3 is 20.6 Å². The molecule has 0 aromatic heterocycles. The number of carboxylic acid groups (broad SMARTS) is 1. The number of rotatable bonds is 5. The lowest BCUT2D eigenvalue weighted by Gasteiger charge is -2.33. The van der Waals surface area contributed by atoms with Crippen LogP contribution in [0.15, 0.2) is 30.3 Å². The molecule has 2 rings (SSSR count). The highest BCUT2D eigenvalue weighted by atomic mass is 16.4. The summed E-state index contributed by atoms with van der Waals surface area (Å²) >= 11 is 0. The molecule has 1 aliphatic heterocycles. The molecule has 1 heterocycles. The van der Waals surface area contributed by atoms with Crippen LogP contribution in [0.25, 0.3) is 0 Å². The number of nitrogens with zero attached hydrogens (tertiary/aromatic N) is 1. The summed E-state index contributed by atoms with van der Waals surface area (Å²) in [6.45, 7) is 4.36. The molecule has 0 bridgehead atoms. The van der Waals surface area contributed by atoms with Crippen molar-refractivity contribution < 1.29 is 19.5 Å². The van der Waals surface area contributed by atoms with Crippen LogP contribution in [-0.4, -0.2) is 47.0 Å². The molecule has 2 unspecified atom stereocenters. The van der Waals surface area contributed by atoms with E-state index in [2.05, 4.69) is 10.6 Å². The molecule has 1 saturated heterocycles. The Morgan fingerprint density at radius 1 is 1.20 bits per heavy atom. The Bertz CT molecular complexity index is 618. The molecule has 7 heteroatoms.